The van der Waals surface area contributed by atoms with Crippen molar-refractivity contribution in [2.24, 2.45) is 0 Å². The number of fused-ring (bicyclic) bond motifs is 1. The van der Waals surface area contributed by atoms with Gasteiger partial charge in [0, 0.05) is 18.1 Å². The first-order valence-electron chi connectivity index (χ1n) is 9.76. The fourth-order valence-electron chi connectivity index (χ4n) is 3.56. The number of nitrogens with one attached hydrogen (secondary N) is 2. The highest BCUT2D eigenvalue weighted by Crippen LogP contribution is 2.22. The highest BCUT2D eigenvalue weighted by atomic mass is 32.2. The Morgan fingerprint density at radius 1 is 1.18 bits per heavy atom. The number of aromatic nitrogens is 3. The number of piperidine rings is 1. The van der Waals surface area contributed by atoms with E-state index in [1.165, 1.54) is 16.3 Å². The number of rotatable bonds is 7. The largest absolute Gasteiger partial charge is 0.350 e. The molecule has 1 fully saturated rings. The Balaban J connectivity index is 1.23. The van der Waals surface area contributed by atoms with Gasteiger partial charge in [0.05, 0.1) is 12.2 Å². The summed E-state index contributed by atoms with van der Waals surface area (Å²) in [7, 11) is 0. The molecule has 7 heteroatoms. The standard InChI is InChI=1S/C21H25N5OS/c27-21(20-14-26(25-24-20)18-8-10-22-11-9-18)23-12-13-28-15-17-6-3-5-16-4-1-2-7-19(16)17/h1-7,14,18,22H,8-13,15H2,(H,23,27). The summed E-state index contributed by atoms with van der Waals surface area (Å²) in [5.74, 6) is 1.64. The van der Waals surface area contributed by atoms with Crippen LogP contribution in [0.3, 0.4) is 0 Å². The Kier molecular flexibility index (Phi) is 6.24. The lowest BCUT2D eigenvalue weighted by molar-refractivity contribution is 0.0951. The smallest absolute Gasteiger partial charge is 0.273 e. The van der Waals surface area contributed by atoms with E-state index in [0.717, 1.165) is 37.4 Å². The van der Waals surface area contributed by atoms with Crippen molar-refractivity contribution in [1.29, 1.82) is 0 Å². The number of benzene rings is 2. The third-order valence-electron chi connectivity index (χ3n) is 5.10. The molecule has 1 aromatic heterocycles. The van der Waals surface area contributed by atoms with Crippen molar-refractivity contribution in [3.63, 3.8) is 0 Å². The lowest BCUT2D eigenvalue weighted by Gasteiger charge is -2.22. The molecule has 2 heterocycles. The molecule has 3 aromatic rings. The molecule has 0 saturated carbocycles. The van der Waals surface area contributed by atoms with Gasteiger partial charge in [-0.25, -0.2) is 4.68 Å². The molecule has 0 unspecified atom stereocenters. The number of thioether (sulfide) groups is 1. The van der Waals surface area contributed by atoms with Gasteiger partial charge in [0.1, 0.15) is 0 Å². The average Bonchev–Trinajstić information content (AvgIpc) is 3.25. The van der Waals surface area contributed by atoms with E-state index in [4.69, 9.17) is 0 Å². The molecule has 4 rings (SSSR count). The minimum absolute atomic E-state index is 0.147. The number of carbonyl (C=O) groups is 1. The topological polar surface area (TPSA) is 71.8 Å². The third-order valence-corrected chi connectivity index (χ3v) is 6.10. The minimum Gasteiger partial charge on any atom is -0.350 e. The van der Waals surface area contributed by atoms with E-state index in [0.29, 0.717) is 18.3 Å². The van der Waals surface area contributed by atoms with E-state index in [2.05, 4.69) is 63.4 Å². The second-order valence-electron chi connectivity index (χ2n) is 7.01. The molecule has 0 aliphatic carbocycles. The molecule has 2 aromatic carbocycles. The van der Waals surface area contributed by atoms with Crippen LogP contribution in [0.4, 0.5) is 0 Å². The highest BCUT2D eigenvalue weighted by molar-refractivity contribution is 7.98. The summed E-state index contributed by atoms with van der Waals surface area (Å²) in [6.45, 7) is 2.59. The van der Waals surface area contributed by atoms with Gasteiger partial charge in [-0.2, -0.15) is 11.8 Å². The van der Waals surface area contributed by atoms with Crippen molar-refractivity contribution in [3.8, 4) is 0 Å². The van der Waals surface area contributed by atoms with E-state index < -0.39 is 0 Å². The Morgan fingerprint density at radius 3 is 2.89 bits per heavy atom. The summed E-state index contributed by atoms with van der Waals surface area (Å²) < 4.78 is 1.84. The van der Waals surface area contributed by atoms with Crippen LogP contribution in [0.25, 0.3) is 10.8 Å². The third kappa shape index (κ3) is 4.54. The van der Waals surface area contributed by atoms with E-state index in [1.54, 1.807) is 6.20 Å². The van der Waals surface area contributed by atoms with Crippen LogP contribution in [0.15, 0.2) is 48.7 Å². The molecule has 1 aliphatic heterocycles. The predicted octanol–water partition coefficient (Wildman–Crippen LogP) is 3.02. The van der Waals surface area contributed by atoms with E-state index >= 15 is 0 Å². The van der Waals surface area contributed by atoms with Crippen LogP contribution in [0.5, 0.6) is 0 Å². The lowest BCUT2D eigenvalue weighted by atomic mass is 10.1. The van der Waals surface area contributed by atoms with Crippen molar-refractivity contribution >= 4 is 28.4 Å². The number of carbonyl (C=O) groups excluding carboxylic acids is 1. The Bertz CT molecular complexity index is 930. The molecule has 28 heavy (non-hydrogen) atoms. The second kappa shape index (κ2) is 9.21. The molecular formula is C21H25N5OS. The summed E-state index contributed by atoms with van der Waals surface area (Å²) in [5, 5.41) is 17.0. The second-order valence-corrected chi connectivity index (χ2v) is 8.12. The summed E-state index contributed by atoms with van der Waals surface area (Å²) in [6, 6.07) is 15.2. The number of hydrogen-bond acceptors (Lipinski definition) is 5. The van der Waals surface area contributed by atoms with Crippen molar-refractivity contribution in [2.45, 2.75) is 24.6 Å². The van der Waals surface area contributed by atoms with Gasteiger partial charge in [0.25, 0.3) is 5.91 Å². The Morgan fingerprint density at radius 2 is 2.00 bits per heavy atom. The van der Waals surface area contributed by atoms with E-state index in [1.807, 2.05) is 16.4 Å². The molecule has 2 N–H and O–H groups in total. The molecule has 0 spiro atoms. The average molecular weight is 396 g/mol. The fraction of sp³-hybridized carbons (Fsp3) is 0.381. The van der Waals surface area contributed by atoms with Crippen LogP contribution in [-0.2, 0) is 5.75 Å². The quantitative estimate of drug-likeness (QED) is 0.602. The van der Waals surface area contributed by atoms with Gasteiger partial charge < -0.3 is 10.6 Å². The SMILES string of the molecule is O=C(NCCSCc1cccc2ccccc12)c1cn(C2CCNCC2)nn1. The summed E-state index contributed by atoms with van der Waals surface area (Å²) in [6.07, 6.45) is 3.82. The maximum atomic E-state index is 12.3. The first-order chi connectivity index (χ1) is 13.8. The summed E-state index contributed by atoms with van der Waals surface area (Å²) in [4.78, 5) is 12.3. The molecule has 0 atom stereocenters. The van der Waals surface area contributed by atoms with Crippen LogP contribution in [0.2, 0.25) is 0 Å². The molecule has 0 radical (unpaired) electrons. The molecule has 0 bridgehead atoms. The van der Waals surface area contributed by atoms with Crippen LogP contribution >= 0.6 is 11.8 Å². The zero-order valence-electron chi connectivity index (χ0n) is 15.8. The van der Waals surface area contributed by atoms with Gasteiger partial charge in [-0.05, 0) is 42.3 Å². The molecule has 1 amide bonds. The maximum absolute atomic E-state index is 12.3. The monoisotopic (exact) mass is 395 g/mol. The zero-order chi connectivity index (χ0) is 19.2. The summed E-state index contributed by atoms with van der Waals surface area (Å²) in [5.41, 5.74) is 1.73. The number of nitrogens with zero attached hydrogens (tertiary/aromatic N) is 3. The Labute approximate surface area is 169 Å². The van der Waals surface area contributed by atoms with Crippen LogP contribution < -0.4 is 10.6 Å². The molecule has 6 nitrogen and oxygen atoms in total. The van der Waals surface area contributed by atoms with Gasteiger partial charge >= 0.3 is 0 Å². The Hall–Kier alpha value is -2.38. The van der Waals surface area contributed by atoms with Crippen molar-refractivity contribution < 1.29 is 4.79 Å². The first kappa shape index (κ1) is 19.0. The first-order valence-corrected chi connectivity index (χ1v) is 10.9. The number of hydrogen-bond donors (Lipinski definition) is 2. The summed E-state index contributed by atoms with van der Waals surface area (Å²) >= 11 is 1.82. The minimum atomic E-state index is -0.147. The normalized spacial score (nSPS) is 15.0. The van der Waals surface area contributed by atoms with E-state index in [9.17, 15) is 4.79 Å². The van der Waals surface area contributed by atoms with Gasteiger partial charge in [-0.15, -0.1) is 5.10 Å². The molecule has 146 valence electrons. The predicted molar refractivity (Wildman–Crippen MR) is 114 cm³/mol. The zero-order valence-corrected chi connectivity index (χ0v) is 16.6. The maximum Gasteiger partial charge on any atom is 0.273 e. The van der Waals surface area contributed by atoms with Crippen molar-refractivity contribution in [3.05, 3.63) is 59.9 Å². The molecule has 1 saturated heterocycles. The van der Waals surface area contributed by atoms with Gasteiger partial charge in [-0.1, -0.05) is 47.7 Å². The van der Waals surface area contributed by atoms with Gasteiger partial charge in [-0.3, -0.25) is 4.79 Å². The number of amides is 1. The van der Waals surface area contributed by atoms with Crippen LogP contribution in [0, 0.1) is 0 Å². The molecule has 1 aliphatic rings. The van der Waals surface area contributed by atoms with Crippen LogP contribution in [-0.4, -0.2) is 46.3 Å². The van der Waals surface area contributed by atoms with Crippen LogP contribution in [0.1, 0.15) is 34.9 Å². The lowest BCUT2D eigenvalue weighted by Crippen LogP contribution is -2.29. The van der Waals surface area contributed by atoms with E-state index in [-0.39, 0.29) is 5.91 Å². The van der Waals surface area contributed by atoms with Gasteiger partial charge in [0.2, 0.25) is 0 Å². The highest BCUT2D eigenvalue weighted by Gasteiger charge is 2.18. The van der Waals surface area contributed by atoms with Crippen molar-refractivity contribution in [2.75, 3.05) is 25.4 Å². The fourth-order valence-corrected chi connectivity index (χ4v) is 4.42. The van der Waals surface area contributed by atoms with Crippen molar-refractivity contribution in [1.82, 2.24) is 25.6 Å². The van der Waals surface area contributed by atoms with Gasteiger partial charge in [0.15, 0.2) is 5.69 Å². The molecular weight excluding hydrogens is 370 g/mol.